The molecule has 0 aliphatic heterocycles. The SMILES string of the molecule is c1ccc(N(c2cc(-c3ccc4c(c3)c3ccccc3n4-c3ccccc3)cc(N(c3ccccc3)c3ccc4ccccc4c3)c2)c2ccc3c(c2)C2(c4ccccc4-c4ccccc42)c2ccccc2-3)cc1. The molecule has 1 aromatic heterocycles. The number of benzene rings is 12. The number of rotatable bonds is 8. The van der Waals surface area contributed by atoms with Crippen LogP contribution in [-0.2, 0) is 5.41 Å². The molecule has 74 heavy (non-hydrogen) atoms. The van der Waals surface area contributed by atoms with Crippen LogP contribution in [0.3, 0.4) is 0 Å². The summed E-state index contributed by atoms with van der Waals surface area (Å²) in [4.78, 5) is 4.89. The highest BCUT2D eigenvalue weighted by molar-refractivity contribution is 6.11. The smallest absolute Gasteiger partial charge is 0.0726 e. The van der Waals surface area contributed by atoms with Crippen molar-refractivity contribution in [2.45, 2.75) is 5.41 Å². The van der Waals surface area contributed by atoms with Crippen LogP contribution in [0.15, 0.2) is 285 Å². The van der Waals surface area contributed by atoms with E-state index in [4.69, 9.17) is 0 Å². The standard InChI is InChI=1S/C71H47N3/c1-4-22-52(23-5-1)72(55-38-36-48-20-10-11-21-49(48)42-55)57-43-51(50-37-41-70-64(45-50)63-31-15-19-35-69(63)74(70)54-26-8-3-9-27-54)44-58(46-57)73(53-24-6-2-7-25-53)56-39-40-62-61-30-14-18-34-67(61)71(68(62)47-56)65-32-16-12-28-59(65)60-29-13-17-33-66(60)71/h1-47H. The van der Waals surface area contributed by atoms with Crippen molar-refractivity contribution in [2.24, 2.45) is 0 Å². The third-order valence-corrected chi connectivity index (χ3v) is 15.7. The predicted molar refractivity (Wildman–Crippen MR) is 309 cm³/mol. The summed E-state index contributed by atoms with van der Waals surface area (Å²) in [6.07, 6.45) is 0. The van der Waals surface area contributed by atoms with E-state index in [0.717, 1.165) is 50.9 Å². The number of hydrogen-bond donors (Lipinski definition) is 0. The normalized spacial score (nSPS) is 12.7. The zero-order valence-corrected chi connectivity index (χ0v) is 40.5. The van der Waals surface area contributed by atoms with Gasteiger partial charge < -0.3 is 14.4 Å². The first-order valence-electron chi connectivity index (χ1n) is 25.6. The van der Waals surface area contributed by atoms with E-state index in [0.29, 0.717) is 0 Å². The molecule has 15 rings (SSSR count). The molecule has 2 aliphatic carbocycles. The summed E-state index contributed by atoms with van der Waals surface area (Å²) < 4.78 is 2.39. The van der Waals surface area contributed by atoms with E-state index >= 15 is 0 Å². The lowest BCUT2D eigenvalue weighted by molar-refractivity contribution is 0.793. The van der Waals surface area contributed by atoms with Crippen molar-refractivity contribution in [3.8, 4) is 39.1 Å². The van der Waals surface area contributed by atoms with Crippen LogP contribution in [0.2, 0.25) is 0 Å². The molecule has 0 N–H and O–H groups in total. The lowest BCUT2D eigenvalue weighted by Crippen LogP contribution is -2.26. The third-order valence-electron chi connectivity index (χ3n) is 15.7. The van der Waals surface area contributed by atoms with Crippen LogP contribution in [-0.4, -0.2) is 4.57 Å². The molecule has 0 saturated heterocycles. The second-order valence-electron chi connectivity index (χ2n) is 19.6. The molecule has 0 saturated carbocycles. The highest BCUT2D eigenvalue weighted by Crippen LogP contribution is 2.63. The molecule has 346 valence electrons. The summed E-state index contributed by atoms with van der Waals surface area (Å²) in [5.74, 6) is 0. The van der Waals surface area contributed by atoms with Crippen LogP contribution in [0.1, 0.15) is 22.3 Å². The van der Waals surface area contributed by atoms with Gasteiger partial charge in [-0.3, -0.25) is 0 Å². The Balaban J connectivity index is 0.997. The van der Waals surface area contributed by atoms with E-state index in [1.54, 1.807) is 0 Å². The Kier molecular flexibility index (Phi) is 9.48. The molecular weight excluding hydrogens is 895 g/mol. The molecule has 0 bridgehead atoms. The molecule has 0 amide bonds. The topological polar surface area (TPSA) is 11.4 Å². The van der Waals surface area contributed by atoms with Gasteiger partial charge in [0.05, 0.1) is 16.4 Å². The molecule has 0 unspecified atom stereocenters. The molecule has 0 atom stereocenters. The van der Waals surface area contributed by atoms with Crippen molar-refractivity contribution in [3.05, 3.63) is 307 Å². The Morgan fingerprint density at radius 2 is 0.743 bits per heavy atom. The zero-order chi connectivity index (χ0) is 48.7. The van der Waals surface area contributed by atoms with Gasteiger partial charge in [0.2, 0.25) is 0 Å². The van der Waals surface area contributed by atoms with E-state index in [1.807, 2.05) is 0 Å². The highest BCUT2D eigenvalue weighted by Gasteiger charge is 2.51. The van der Waals surface area contributed by atoms with Gasteiger partial charge in [-0.15, -0.1) is 0 Å². The minimum atomic E-state index is -0.487. The number of para-hydroxylation sites is 4. The van der Waals surface area contributed by atoms with E-state index in [-0.39, 0.29) is 0 Å². The number of fused-ring (bicyclic) bond motifs is 14. The predicted octanol–water partition coefficient (Wildman–Crippen LogP) is 18.9. The Bertz CT molecular complexity index is 4260. The van der Waals surface area contributed by atoms with Gasteiger partial charge in [-0.05, 0) is 163 Å². The van der Waals surface area contributed by atoms with Crippen LogP contribution in [0.5, 0.6) is 0 Å². The van der Waals surface area contributed by atoms with Crippen LogP contribution >= 0.6 is 0 Å². The maximum Gasteiger partial charge on any atom is 0.0726 e. The minimum Gasteiger partial charge on any atom is -0.310 e. The summed E-state index contributed by atoms with van der Waals surface area (Å²) in [5, 5.41) is 4.84. The Morgan fingerprint density at radius 1 is 0.257 bits per heavy atom. The van der Waals surface area contributed by atoms with Crippen molar-refractivity contribution < 1.29 is 0 Å². The molecule has 1 spiro atoms. The van der Waals surface area contributed by atoms with Gasteiger partial charge in [-0.25, -0.2) is 0 Å². The van der Waals surface area contributed by atoms with Gasteiger partial charge in [-0.2, -0.15) is 0 Å². The van der Waals surface area contributed by atoms with Crippen molar-refractivity contribution in [1.82, 2.24) is 4.57 Å². The fourth-order valence-electron chi connectivity index (χ4n) is 12.6. The number of anilines is 6. The Hall–Kier alpha value is -9.70. The average molecular weight is 942 g/mol. The van der Waals surface area contributed by atoms with Crippen LogP contribution < -0.4 is 9.80 Å². The summed E-state index contributed by atoms with van der Waals surface area (Å²) in [5.41, 5.74) is 22.1. The first-order valence-corrected chi connectivity index (χ1v) is 25.6. The third kappa shape index (κ3) is 6.33. The number of hydrogen-bond acceptors (Lipinski definition) is 2. The molecule has 13 aromatic rings. The molecule has 2 aliphatic rings. The molecule has 0 fully saturated rings. The van der Waals surface area contributed by atoms with E-state index in [2.05, 4.69) is 299 Å². The van der Waals surface area contributed by atoms with Crippen LogP contribution in [0, 0.1) is 0 Å². The lowest BCUT2D eigenvalue weighted by Gasteiger charge is -2.33. The largest absolute Gasteiger partial charge is 0.310 e. The zero-order valence-electron chi connectivity index (χ0n) is 40.5. The quantitative estimate of drug-likeness (QED) is 0.150. The van der Waals surface area contributed by atoms with Crippen molar-refractivity contribution >= 4 is 66.7 Å². The first kappa shape index (κ1) is 42.0. The summed E-state index contributed by atoms with van der Waals surface area (Å²) in [6, 6.07) is 105. The van der Waals surface area contributed by atoms with Gasteiger partial charge in [0, 0.05) is 50.6 Å². The van der Waals surface area contributed by atoms with Gasteiger partial charge >= 0.3 is 0 Å². The van der Waals surface area contributed by atoms with E-state index in [1.165, 1.54) is 77.1 Å². The van der Waals surface area contributed by atoms with Gasteiger partial charge in [-0.1, -0.05) is 188 Å². The number of aromatic nitrogens is 1. The second kappa shape index (κ2) is 16.7. The van der Waals surface area contributed by atoms with Crippen molar-refractivity contribution in [1.29, 1.82) is 0 Å². The van der Waals surface area contributed by atoms with E-state index < -0.39 is 5.41 Å². The van der Waals surface area contributed by atoms with Crippen LogP contribution in [0.4, 0.5) is 34.1 Å². The van der Waals surface area contributed by atoms with Gasteiger partial charge in [0.1, 0.15) is 0 Å². The van der Waals surface area contributed by atoms with Gasteiger partial charge in [0.15, 0.2) is 0 Å². The Morgan fingerprint density at radius 3 is 1.38 bits per heavy atom. The maximum absolute atomic E-state index is 2.50. The summed E-state index contributed by atoms with van der Waals surface area (Å²) in [6.45, 7) is 0. The monoisotopic (exact) mass is 941 g/mol. The molecule has 12 aromatic carbocycles. The molecule has 0 radical (unpaired) electrons. The van der Waals surface area contributed by atoms with Gasteiger partial charge in [0.25, 0.3) is 0 Å². The Labute approximate surface area is 430 Å². The fraction of sp³-hybridized carbons (Fsp3) is 0.0141. The van der Waals surface area contributed by atoms with Crippen LogP contribution in [0.25, 0.3) is 71.6 Å². The lowest BCUT2D eigenvalue weighted by atomic mass is 9.70. The molecule has 1 heterocycles. The molecule has 3 heteroatoms. The first-order chi connectivity index (χ1) is 36.7. The minimum absolute atomic E-state index is 0.487. The molecular formula is C71H47N3. The fourth-order valence-corrected chi connectivity index (χ4v) is 12.6. The summed E-state index contributed by atoms with van der Waals surface area (Å²) in [7, 11) is 0. The second-order valence-corrected chi connectivity index (χ2v) is 19.6. The summed E-state index contributed by atoms with van der Waals surface area (Å²) >= 11 is 0. The average Bonchev–Trinajstić information content (AvgIpc) is 4.19. The van der Waals surface area contributed by atoms with Crippen molar-refractivity contribution in [3.63, 3.8) is 0 Å². The van der Waals surface area contributed by atoms with E-state index in [9.17, 15) is 0 Å². The molecule has 3 nitrogen and oxygen atoms in total. The maximum atomic E-state index is 2.50. The number of nitrogens with zero attached hydrogens (tertiary/aromatic N) is 3. The highest BCUT2D eigenvalue weighted by atomic mass is 15.2. The van der Waals surface area contributed by atoms with Crippen molar-refractivity contribution in [2.75, 3.05) is 9.80 Å².